The number of aliphatic hydroxyl groups is 1. The van der Waals surface area contributed by atoms with Crippen LogP contribution in [-0.2, 0) is 14.3 Å². The third kappa shape index (κ3) is 3.47. The van der Waals surface area contributed by atoms with E-state index in [1.807, 2.05) is 43.3 Å². The molecule has 0 spiro atoms. The molecular formula is C17H18O4. The van der Waals surface area contributed by atoms with E-state index in [9.17, 15) is 14.7 Å². The van der Waals surface area contributed by atoms with E-state index in [1.54, 1.807) is 0 Å². The summed E-state index contributed by atoms with van der Waals surface area (Å²) in [6.45, 7) is 1.97. The maximum Gasteiger partial charge on any atom is 0.313 e. The zero-order valence-electron chi connectivity index (χ0n) is 12.1. The van der Waals surface area contributed by atoms with Crippen molar-refractivity contribution in [3.8, 4) is 0 Å². The fourth-order valence-electron chi connectivity index (χ4n) is 2.47. The molecule has 1 unspecified atom stereocenters. The van der Waals surface area contributed by atoms with Crippen LogP contribution in [0.15, 0.2) is 36.4 Å². The lowest BCUT2D eigenvalue weighted by atomic mass is 9.94. The number of esters is 1. The van der Waals surface area contributed by atoms with E-state index in [2.05, 4.69) is 4.74 Å². The lowest BCUT2D eigenvalue weighted by Gasteiger charge is -2.14. The molecule has 0 aromatic heterocycles. The van der Waals surface area contributed by atoms with Gasteiger partial charge in [0, 0.05) is 6.42 Å². The average molecular weight is 286 g/mol. The molecule has 0 saturated heterocycles. The van der Waals surface area contributed by atoms with Gasteiger partial charge in [-0.2, -0.15) is 0 Å². The van der Waals surface area contributed by atoms with Crippen LogP contribution in [0.2, 0.25) is 0 Å². The number of fused-ring (bicyclic) bond motifs is 1. The van der Waals surface area contributed by atoms with Crippen molar-refractivity contribution >= 4 is 22.5 Å². The van der Waals surface area contributed by atoms with Gasteiger partial charge in [-0.3, -0.25) is 9.59 Å². The molecule has 2 rings (SSSR count). The Labute approximate surface area is 123 Å². The van der Waals surface area contributed by atoms with Gasteiger partial charge in [0.05, 0.1) is 13.2 Å². The fraction of sp³-hybridized carbons (Fsp3) is 0.294. The maximum absolute atomic E-state index is 11.8. The highest BCUT2D eigenvalue weighted by Crippen LogP contribution is 2.29. The summed E-state index contributed by atoms with van der Waals surface area (Å²) in [5.41, 5.74) is 1.76. The van der Waals surface area contributed by atoms with Crippen LogP contribution in [0.3, 0.4) is 0 Å². The highest BCUT2D eigenvalue weighted by molar-refractivity contribution is 5.96. The minimum absolute atomic E-state index is 0.0947. The first-order valence-electron chi connectivity index (χ1n) is 6.77. The van der Waals surface area contributed by atoms with Crippen molar-refractivity contribution in [3.05, 3.63) is 47.5 Å². The van der Waals surface area contributed by atoms with E-state index >= 15 is 0 Å². The smallest absolute Gasteiger partial charge is 0.313 e. The normalized spacial score (nSPS) is 12.1. The second kappa shape index (κ2) is 6.50. The van der Waals surface area contributed by atoms with Gasteiger partial charge in [-0.05, 0) is 28.8 Å². The van der Waals surface area contributed by atoms with Crippen LogP contribution in [0.5, 0.6) is 0 Å². The summed E-state index contributed by atoms with van der Waals surface area (Å²) in [4.78, 5) is 22.8. The molecule has 0 aliphatic heterocycles. The number of hydrogen-bond donors (Lipinski definition) is 1. The number of Topliss-reactive ketones (excluding diaryl/α,β-unsaturated/α-hetero) is 1. The number of methoxy groups -OCH3 is 1. The fourth-order valence-corrected chi connectivity index (χ4v) is 2.47. The summed E-state index contributed by atoms with van der Waals surface area (Å²) < 4.78 is 4.46. The molecule has 0 bridgehead atoms. The van der Waals surface area contributed by atoms with Crippen molar-refractivity contribution in [1.29, 1.82) is 0 Å². The van der Waals surface area contributed by atoms with Crippen LogP contribution in [0, 0.1) is 6.92 Å². The number of hydrogen-bond acceptors (Lipinski definition) is 4. The van der Waals surface area contributed by atoms with Gasteiger partial charge >= 0.3 is 5.97 Å². The van der Waals surface area contributed by atoms with E-state index in [4.69, 9.17) is 0 Å². The Bertz CT molecular complexity index is 670. The molecule has 0 fully saturated rings. The highest BCUT2D eigenvalue weighted by atomic mass is 16.5. The molecule has 0 aliphatic rings. The van der Waals surface area contributed by atoms with Crippen molar-refractivity contribution in [2.75, 3.05) is 7.11 Å². The zero-order valence-corrected chi connectivity index (χ0v) is 12.1. The van der Waals surface area contributed by atoms with Crippen LogP contribution < -0.4 is 0 Å². The lowest BCUT2D eigenvalue weighted by molar-refractivity contribution is -0.143. The van der Waals surface area contributed by atoms with Crippen molar-refractivity contribution < 1.29 is 19.4 Å². The van der Waals surface area contributed by atoms with Gasteiger partial charge in [-0.1, -0.05) is 36.4 Å². The van der Waals surface area contributed by atoms with E-state index in [0.717, 1.165) is 16.3 Å². The minimum atomic E-state index is -0.924. The van der Waals surface area contributed by atoms with Crippen LogP contribution in [0.4, 0.5) is 0 Å². The van der Waals surface area contributed by atoms with Gasteiger partial charge in [-0.15, -0.1) is 0 Å². The second-order valence-corrected chi connectivity index (χ2v) is 5.03. The Kier molecular flexibility index (Phi) is 4.70. The van der Waals surface area contributed by atoms with E-state index < -0.39 is 12.1 Å². The van der Waals surface area contributed by atoms with Gasteiger partial charge in [0.15, 0.2) is 0 Å². The van der Waals surface area contributed by atoms with Gasteiger partial charge in [0.1, 0.15) is 12.2 Å². The molecule has 4 nitrogen and oxygen atoms in total. The first-order valence-corrected chi connectivity index (χ1v) is 6.77. The third-order valence-electron chi connectivity index (χ3n) is 3.49. The summed E-state index contributed by atoms with van der Waals surface area (Å²) in [5, 5.41) is 12.3. The summed E-state index contributed by atoms with van der Waals surface area (Å²) >= 11 is 0. The number of ketones is 1. The van der Waals surface area contributed by atoms with E-state index in [0.29, 0.717) is 5.56 Å². The van der Waals surface area contributed by atoms with Crippen LogP contribution in [0.1, 0.15) is 30.1 Å². The monoisotopic (exact) mass is 286 g/mol. The Morgan fingerprint density at radius 3 is 2.52 bits per heavy atom. The maximum atomic E-state index is 11.8. The molecule has 0 heterocycles. The molecule has 0 aliphatic carbocycles. The average Bonchev–Trinajstić information content (AvgIpc) is 2.46. The highest BCUT2D eigenvalue weighted by Gasteiger charge is 2.18. The molecule has 2 aromatic rings. The number of rotatable bonds is 5. The van der Waals surface area contributed by atoms with Crippen molar-refractivity contribution in [2.24, 2.45) is 0 Å². The lowest BCUT2D eigenvalue weighted by Crippen LogP contribution is -2.13. The van der Waals surface area contributed by atoms with Crippen molar-refractivity contribution in [3.63, 3.8) is 0 Å². The summed E-state index contributed by atoms with van der Waals surface area (Å²) in [6, 6.07) is 11.5. The molecular weight excluding hydrogens is 268 g/mol. The Morgan fingerprint density at radius 2 is 1.86 bits per heavy atom. The molecule has 21 heavy (non-hydrogen) atoms. The molecule has 0 saturated carbocycles. The topological polar surface area (TPSA) is 63.6 Å². The quantitative estimate of drug-likeness (QED) is 0.678. The number of benzene rings is 2. The predicted molar refractivity (Wildman–Crippen MR) is 79.9 cm³/mol. The predicted octanol–water partition coefficient (Wildman–Crippen LogP) is 2.70. The second-order valence-electron chi connectivity index (χ2n) is 5.03. The summed E-state index contributed by atoms with van der Waals surface area (Å²) in [5.74, 6) is -0.916. The van der Waals surface area contributed by atoms with Crippen LogP contribution >= 0.6 is 0 Å². The Morgan fingerprint density at radius 1 is 1.19 bits per heavy atom. The Hall–Kier alpha value is -2.20. The van der Waals surface area contributed by atoms with Crippen LogP contribution in [-0.4, -0.2) is 24.0 Å². The summed E-state index contributed by atoms with van der Waals surface area (Å²) in [7, 11) is 1.24. The first-order chi connectivity index (χ1) is 10.0. The molecule has 1 N–H and O–H groups in total. The number of carbonyl (C=O) groups is 2. The molecule has 2 aromatic carbocycles. The van der Waals surface area contributed by atoms with Crippen LogP contribution in [0.25, 0.3) is 10.8 Å². The molecule has 4 heteroatoms. The van der Waals surface area contributed by atoms with Gasteiger partial charge in [0.2, 0.25) is 0 Å². The summed E-state index contributed by atoms with van der Waals surface area (Å²) in [6.07, 6.45) is -1.33. The number of aliphatic hydroxyl groups excluding tert-OH is 1. The number of aryl methyl sites for hydroxylation is 1. The molecule has 0 radical (unpaired) electrons. The van der Waals surface area contributed by atoms with Crippen molar-refractivity contribution in [2.45, 2.75) is 25.9 Å². The van der Waals surface area contributed by atoms with Crippen molar-refractivity contribution in [1.82, 2.24) is 0 Å². The first kappa shape index (κ1) is 15.2. The molecule has 110 valence electrons. The van der Waals surface area contributed by atoms with Gasteiger partial charge in [0.25, 0.3) is 0 Å². The minimum Gasteiger partial charge on any atom is -0.469 e. The SMILES string of the molecule is COC(=O)CC(=O)CC(O)c1cccc2cccc(C)c12. The number of ether oxygens (including phenoxy) is 1. The molecule has 0 amide bonds. The third-order valence-corrected chi connectivity index (χ3v) is 3.49. The van der Waals surface area contributed by atoms with E-state index in [-0.39, 0.29) is 18.6 Å². The van der Waals surface area contributed by atoms with E-state index in [1.165, 1.54) is 7.11 Å². The zero-order chi connectivity index (χ0) is 15.4. The van der Waals surface area contributed by atoms with Gasteiger partial charge in [-0.25, -0.2) is 0 Å². The Balaban J connectivity index is 2.26. The largest absolute Gasteiger partial charge is 0.469 e. The standard InChI is InChI=1S/C17H18O4/c1-11-5-3-6-12-7-4-8-14(17(11)12)15(19)9-13(18)10-16(20)21-2/h3-8,15,19H,9-10H2,1-2H3. The van der Waals surface area contributed by atoms with Gasteiger partial charge < -0.3 is 9.84 Å². The molecule has 1 atom stereocenters. The number of carbonyl (C=O) groups excluding carboxylic acids is 2.